The molecule has 20 heavy (non-hydrogen) atoms. The van der Waals surface area contributed by atoms with E-state index in [2.05, 4.69) is 22.4 Å². The monoisotopic (exact) mass is 278 g/mol. The Kier molecular flexibility index (Phi) is 3.41. The van der Waals surface area contributed by atoms with Crippen LogP contribution in [0.1, 0.15) is 30.7 Å². The minimum Gasteiger partial charge on any atom is -0.359 e. The topological polar surface area (TPSA) is 61.6 Å². The fraction of sp³-hybridized carbons (Fsp3) is 0.714. The summed E-state index contributed by atoms with van der Waals surface area (Å²) in [4.78, 5) is 16.8. The first kappa shape index (κ1) is 13.4. The van der Waals surface area contributed by atoms with Crippen LogP contribution < -0.4 is 5.32 Å². The van der Waals surface area contributed by atoms with Crippen LogP contribution in [-0.4, -0.2) is 53.2 Å². The molecule has 0 saturated carbocycles. The number of likely N-dealkylation sites (tertiary alicyclic amines) is 1. The van der Waals surface area contributed by atoms with Crippen molar-refractivity contribution in [2.45, 2.75) is 45.2 Å². The number of rotatable bonds is 1. The zero-order valence-electron chi connectivity index (χ0n) is 12.3. The van der Waals surface area contributed by atoms with Gasteiger partial charge < -0.3 is 14.7 Å². The van der Waals surface area contributed by atoms with Crippen molar-refractivity contribution >= 4 is 11.7 Å². The van der Waals surface area contributed by atoms with Gasteiger partial charge in [0.25, 0.3) is 0 Å². The van der Waals surface area contributed by atoms with Crippen LogP contribution in [0, 0.1) is 13.8 Å². The maximum absolute atomic E-state index is 12.4. The highest BCUT2D eigenvalue weighted by Gasteiger charge is 2.36. The average Bonchev–Trinajstić information content (AvgIpc) is 2.83. The van der Waals surface area contributed by atoms with Crippen molar-refractivity contribution in [3.8, 4) is 0 Å². The van der Waals surface area contributed by atoms with Crippen molar-refractivity contribution in [2.75, 3.05) is 25.5 Å². The average molecular weight is 278 g/mol. The Hall–Kier alpha value is -1.56. The summed E-state index contributed by atoms with van der Waals surface area (Å²) in [6.07, 6.45) is 3.51. The molecule has 110 valence electrons. The van der Waals surface area contributed by atoms with E-state index in [1.807, 2.05) is 18.7 Å². The molecular weight excluding hydrogens is 256 g/mol. The van der Waals surface area contributed by atoms with E-state index in [1.54, 1.807) is 0 Å². The number of carbonyl (C=O) groups is 1. The number of nitrogens with zero attached hydrogens (tertiary/aromatic N) is 3. The van der Waals surface area contributed by atoms with Gasteiger partial charge in [0.05, 0.1) is 0 Å². The van der Waals surface area contributed by atoms with Gasteiger partial charge in [-0.1, -0.05) is 5.16 Å². The normalized spacial score (nSPS) is 26.6. The second-order valence-electron chi connectivity index (χ2n) is 5.91. The number of hydrogen-bond acceptors (Lipinski definition) is 4. The van der Waals surface area contributed by atoms with E-state index in [-0.39, 0.29) is 6.03 Å². The van der Waals surface area contributed by atoms with Crippen LogP contribution >= 0.6 is 0 Å². The fourth-order valence-corrected chi connectivity index (χ4v) is 3.34. The van der Waals surface area contributed by atoms with Crippen LogP contribution in [0.5, 0.6) is 0 Å². The zero-order chi connectivity index (χ0) is 14.3. The van der Waals surface area contributed by atoms with Crippen molar-refractivity contribution in [2.24, 2.45) is 0 Å². The van der Waals surface area contributed by atoms with E-state index >= 15 is 0 Å². The number of nitrogens with one attached hydrogen (secondary N) is 1. The molecule has 2 aliphatic heterocycles. The molecule has 0 aliphatic carbocycles. The third-order valence-corrected chi connectivity index (χ3v) is 4.70. The molecule has 0 radical (unpaired) electrons. The number of likely N-dealkylation sites (N-methyl/N-ethyl adjacent to an activating group) is 1. The number of hydrogen-bond donors (Lipinski definition) is 1. The van der Waals surface area contributed by atoms with Crippen molar-refractivity contribution in [3.63, 3.8) is 0 Å². The molecule has 2 aliphatic rings. The number of carbonyl (C=O) groups excluding carboxylic acids is 1. The summed E-state index contributed by atoms with van der Waals surface area (Å²) in [5, 5.41) is 6.81. The Labute approximate surface area is 119 Å². The van der Waals surface area contributed by atoms with Crippen LogP contribution in [0.3, 0.4) is 0 Å². The Bertz CT molecular complexity index is 494. The third-order valence-electron chi connectivity index (χ3n) is 4.70. The number of amides is 2. The van der Waals surface area contributed by atoms with E-state index in [0.29, 0.717) is 23.5 Å². The first-order valence-corrected chi connectivity index (χ1v) is 7.27. The highest BCUT2D eigenvalue weighted by atomic mass is 16.5. The van der Waals surface area contributed by atoms with E-state index in [0.717, 1.165) is 25.2 Å². The molecule has 2 atom stereocenters. The van der Waals surface area contributed by atoms with E-state index in [1.165, 1.54) is 12.8 Å². The lowest BCUT2D eigenvalue weighted by molar-refractivity contribution is 0.200. The van der Waals surface area contributed by atoms with Crippen LogP contribution in [0.25, 0.3) is 0 Å². The minimum atomic E-state index is -0.0413. The first-order valence-electron chi connectivity index (χ1n) is 7.27. The maximum atomic E-state index is 12.4. The molecule has 1 N–H and O–H groups in total. The lowest BCUT2D eigenvalue weighted by atomic mass is 10.1. The van der Waals surface area contributed by atoms with Gasteiger partial charge in [-0.3, -0.25) is 4.90 Å². The summed E-state index contributed by atoms with van der Waals surface area (Å²) < 4.78 is 5.08. The number of aryl methyl sites for hydroxylation is 2. The summed E-state index contributed by atoms with van der Waals surface area (Å²) in [7, 11) is 2.18. The molecule has 0 aromatic carbocycles. The van der Waals surface area contributed by atoms with E-state index in [9.17, 15) is 4.79 Å². The molecule has 1 aromatic heterocycles. The molecule has 1 aromatic rings. The highest BCUT2D eigenvalue weighted by Crippen LogP contribution is 2.29. The number of aromatic nitrogens is 1. The van der Waals surface area contributed by atoms with Gasteiger partial charge >= 0.3 is 6.03 Å². The standard InChI is InChI=1S/C14H22N4O2/c1-9-13(10(2)20-16-9)15-14(19)18-7-6-11-4-5-12(8-18)17(11)3/h11-12H,4-8H2,1-3H3,(H,15,19)/t11-,12+/m0/s1. The summed E-state index contributed by atoms with van der Waals surface area (Å²) in [6.45, 7) is 5.28. The minimum absolute atomic E-state index is 0.0413. The predicted molar refractivity (Wildman–Crippen MR) is 75.8 cm³/mol. The maximum Gasteiger partial charge on any atom is 0.322 e. The largest absolute Gasteiger partial charge is 0.359 e. The number of fused-ring (bicyclic) bond motifs is 2. The van der Waals surface area contributed by atoms with Gasteiger partial charge in [-0.25, -0.2) is 4.79 Å². The third kappa shape index (κ3) is 2.28. The molecular formula is C14H22N4O2. The second kappa shape index (κ2) is 5.09. The number of anilines is 1. The van der Waals surface area contributed by atoms with E-state index in [4.69, 9.17) is 4.52 Å². The highest BCUT2D eigenvalue weighted by molar-refractivity contribution is 5.90. The second-order valence-corrected chi connectivity index (χ2v) is 5.91. The Morgan fingerprint density at radius 2 is 2.05 bits per heavy atom. The predicted octanol–water partition coefficient (Wildman–Crippen LogP) is 1.99. The van der Waals surface area contributed by atoms with Gasteiger partial charge in [-0.2, -0.15) is 0 Å². The molecule has 2 bridgehead atoms. The van der Waals surface area contributed by atoms with Gasteiger partial charge in [0.15, 0.2) is 5.76 Å². The molecule has 2 saturated heterocycles. The van der Waals surface area contributed by atoms with Gasteiger partial charge in [0.2, 0.25) is 0 Å². The molecule has 6 heteroatoms. The van der Waals surface area contributed by atoms with Gasteiger partial charge in [-0.15, -0.1) is 0 Å². The molecule has 2 fully saturated rings. The smallest absolute Gasteiger partial charge is 0.322 e. The summed E-state index contributed by atoms with van der Waals surface area (Å²) in [5.41, 5.74) is 1.43. The SMILES string of the molecule is Cc1noc(C)c1NC(=O)N1CC[C@@H]2CC[C@H](C1)N2C. The van der Waals surface area contributed by atoms with Crippen molar-refractivity contribution in [1.29, 1.82) is 0 Å². The number of urea groups is 1. The summed E-state index contributed by atoms with van der Waals surface area (Å²) in [5.74, 6) is 0.657. The molecule has 2 amide bonds. The first-order chi connectivity index (χ1) is 9.56. The summed E-state index contributed by atoms with van der Waals surface area (Å²) >= 11 is 0. The van der Waals surface area contributed by atoms with Gasteiger partial charge in [0, 0.05) is 25.2 Å². The van der Waals surface area contributed by atoms with Gasteiger partial charge in [-0.05, 0) is 40.2 Å². The zero-order valence-corrected chi connectivity index (χ0v) is 12.3. The Morgan fingerprint density at radius 3 is 2.75 bits per heavy atom. The molecule has 6 nitrogen and oxygen atoms in total. The van der Waals surface area contributed by atoms with E-state index < -0.39 is 0 Å². The fourth-order valence-electron chi connectivity index (χ4n) is 3.34. The lowest BCUT2D eigenvalue weighted by Gasteiger charge is -2.25. The Balaban J connectivity index is 1.69. The van der Waals surface area contributed by atoms with Crippen molar-refractivity contribution in [3.05, 3.63) is 11.5 Å². The van der Waals surface area contributed by atoms with Crippen molar-refractivity contribution in [1.82, 2.24) is 15.0 Å². The van der Waals surface area contributed by atoms with Crippen molar-refractivity contribution < 1.29 is 9.32 Å². The molecule has 0 spiro atoms. The molecule has 3 rings (SSSR count). The lowest BCUT2D eigenvalue weighted by Crippen LogP contribution is -2.41. The molecule has 0 unspecified atom stereocenters. The van der Waals surface area contributed by atoms with Crippen LogP contribution in [0.4, 0.5) is 10.5 Å². The Morgan fingerprint density at radius 1 is 1.30 bits per heavy atom. The quantitative estimate of drug-likeness (QED) is 0.853. The van der Waals surface area contributed by atoms with Crippen LogP contribution in [0.2, 0.25) is 0 Å². The van der Waals surface area contributed by atoms with Crippen LogP contribution in [0.15, 0.2) is 4.52 Å². The van der Waals surface area contributed by atoms with Crippen LogP contribution in [-0.2, 0) is 0 Å². The van der Waals surface area contributed by atoms with Gasteiger partial charge in [0.1, 0.15) is 11.4 Å². The summed E-state index contributed by atoms with van der Waals surface area (Å²) in [6, 6.07) is 1.09. The molecule has 3 heterocycles.